The first-order chi connectivity index (χ1) is 11.6. The fourth-order valence-corrected chi connectivity index (χ4v) is 2.50. The summed E-state index contributed by atoms with van der Waals surface area (Å²) in [6, 6.07) is 14.5. The molecule has 0 unspecified atom stereocenters. The number of nitrogens with zero attached hydrogens (tertiary/aromatic N) is 1. The molecule has 1 N–H and O–H groups in total. The van der Waals surface area contributed by atoms with Gasteiger partial charge in [0, 0.05) is 16.1 Å². The van der Waals surface area contributed by atoms with E-state index in [4.69, 9.17) is 16.3 Å². The van der Waals surface area contributed by atoms with Gasteiger partial charge in [-0.05, 0) is 55.5 Å². The van der Waals surface area contributed by atoms with E-state index in [9.17, 15) is 4.79 Å². The molecule has 0 saturated carbocycles. The number of pyridine rings is 1. The van der Waals surface area contributed by atoms with Crippen molar-refractivity contribution in [2.24, 2.45) is 0 Å². The molecular formula is C19H15ClN2O2. The zero-order valence-corrected chi connectivity index (χ0v) is 13.8. The van der Waals surface area contributed by atoms with Crippen molar-refractivity contribution in [3.8, 4) is 11.5 Å². The van der Waals surface area contributed by atoms with Crippen LogP contribution in [0.1, 0.15) is 5.69 Å². The summed E-state index contributed by atoms with van der Waals surface area (Å²) >= 11 is 6.00. The van der Waals surface area contributed by atoms with E-state index in [1.54, 1.807) is 24.3 Å². The largest absolute Gasteiger partial charge is 0.455 e. The van der Waals surface area contributed by atoms with Gasteiger partial charge in [-0.2, -0.15) is 0 Å². The van der Waals surface area contributed by atoms with Crippen molar-refractivity contribution in [1.29, 1.82) is 0 Å². The van der Waals surface area contributed by atoms with Gasteiger partial charge in [-0.15, -0.1) is 0 Å². The molecule has 0 aliphatic carbocycles. The highest BCUT2D eigenvalue weighted by molar-refractivity contribution is 6.30. The van der Waals surface area contributed by atoms with Crippen LogP contribution >= 0.6 is 11.6 Å². The minimum atomic E-state index is -0.277. The second-order valence-electron chi connectivity index (χ2n) is 5.21. The van der Waals surface area contributed by atoms with Crippen molar-refractivity contribution in [2.45, 2.75) is 6.92 Å². The molecule has 2 aromatic carbocycles. The van der Waals surface area contributed by atoms with Crippen LogP contribution in [0.15, 0.2) is 61.2 Å². The molecular weight excluding hydrogens is 324 g/mol. The highest BCUT2D eigenvalue weighted by Crippen LogP contribution is 2.34. The van der Waals surface area contributed by atoms with Crippen LogP contribution in [-0.4, -0.2) is 10.9 Å². The van der Waals surface area contributed by atoms with E-state index >= 15 is 0 Å². The molecule has 4 nitrogen and oxygen atoms in total. The Hall–Kier alpha value is -2.85. The van der Waals surface area contributed by atoms with Crippen molar-refractivity contribution >= 4 is 34.1 Å². The lowest BCUT2D eigenvalue weighted by Gasteiger charge is -2.12. The standard InChI is InChI=1S/C19H15ClN2O2/c1-3-18(23)22-16-9-10-17(19-15(16)8-7-12(2)21-19)24-14-6-4-5-13(20)11-14/h3-11H,1H2,2H3,(H,22,23). The normalized spacial score (nSPS) is 10.4. The smallest absolute Gasteiger partial charge is 0.247 e. The second-order valence-corrected chi connectivity index (χ2v) is 5.65. The fourth-order valence-electron chi connectivity index (χ4n) is 2.32. The van der Waals surface area contributed by atoms with E-state index in [0.717, 1.165) is 11.1 Å². The number of aryl methyl sites for hydroxylation is 1. The molecule has 0 aliphatic heterocycles. The summed E-state index contributed by atoms with van der Waals surface area (Å²) in [6.45, 7) is 5.37. The fraction of sp³-hybridized carbons (Fsp3) is 0.0526. The van der Waals surface area contributed by atoms with Crippen LogP contribution in [0.5, 0.6) is 11.5 Å². The van der Waals surface area contributed by atoms with Gasteiger partial charge in [0.2, 0.25) is 5.91 Å². The van der Waals surface area contributed by atoms with Crippen LogP contribution in [-0.2, 0) is 4.79 Å². The number of nitrogens with one attached hydrogen (secondary N) is 1. The molecule has 0 atom stereocenters. The Morgan fingerprint density at radius 3 is 2.83 bits per heavy atom. The van der Waals surface area contributed by atoms with E-state index in [2.05, 4.69) is 16.9 Å². The summed E-state index contributed by atoms with van der Waals surface area (Å²) in [5.41, 5.74) is 2.17. The van der Waals surface area contributed by atoms with Gasteiger partial charge in [-0.1, -0.05) is 24.2 Å². The first-order valence-corrected chi connectivity index (χ1v) is 7.72. The molecule has 5 heteroatoms. The van der Waals surface area contributed by atoms with Gasteiger partial charge in [-0.3, -0.25) is 4.79 Å². The zero-order chi connectivity index (χ0) is 17.1. The van der Waals surface area contributed by atoms with Gasteiger partial charge in [0.05, 0.1) is 5.69 Å². The number of ether oxygens (including phenoxy) is 1. The molecule has 0 fully saturated rings. The Labute approximate surface area is 144 Å². The van der Waals surface area contributed by atoms with Crippen LogP contribution in [0.4, 0.5) is 5.69 Å². The Bertz CT molecular complexity index is 938. The molecule has 0 radical (unpaired) electrons. The number of benzene rings is 2. The lowest BCUT2D eigenvalue weighted by atomic mass is 10.1. The lowest BCUT2D eigenvalue weighted by molar-refractivity contribution is -0.111. The number of carbonyl (C=O) groups excluding carboxylic acids is 1. The molecule has 0 spiro atoms. The van der Waals surface area contributed by atoms with E-state index < -0.39 is 0 Å². The zero-order valence-electron chi connectivity index (χ0n) is 13.0. The van der Waals surface area contributed by atoms with Crippen LogP contribution < -0.4 is 10.1 Å². The first-order valence-electron chi connectivity index (χ1n) is 7.34. The molecule has 1 heterocycles. The highest BCUT2D eigenvalue weighted by Gasteiger charge is 2.11. The maximum absolute atomic E-state index is 11.6. The Kier molecular flexibility index (Phi) is 4.49. The minimum Gasteiger partial charge on any atom is -0.455 e. The van der Waals surface area contributed by atoms with Gasteiger partial charge in [-0.25, -0.2) is 4.98 Å². The van der Waals surface area contributed by atoms with Crippen molar-refractivity contribution in [1.82, 2.24) is 4.98 Å². The summed E-state index contributed by atoms with van der Waals surface area (Å²) in [5, 5.41) is 4.16. The minimum absolute atomic E-state index is 0.277. The highest BCUT2D eigenvalue weighted by atomic mass is 35.5. The maximum atomic E-state index is 11.6. The molecule has 0 aliphatic rings. The third-order valence-electron chi connectivity index (χ3n) is 3.43. The quantitative estimate of drug-likeness (QED) is 0.672. The number of aromatic nitrogens is 1. The third kappa shape index (κ3) is 3.39. The topological polar surface area (TPSA) is 51.2 Å². The monoisotopic (exact) mass is 338 g/mol. The number of hydrogen-bond acceptors (Lipinski definition) is 3. The molecule has 3 rings (SSSR count). The van der Waals surface area contributed by atoms with Gasteiger partial charge < -0.3 is 10.1 Å². The first kappa shape index (κ1) is 16.0. The van der Waals surface area contributed by atoms with E-state index in [0.29, 0.717) is 27.7 Å². The molecule has 0 bridgehead atoms. The molecule has 1 amide bonds. The van der Waals surface area contributed by atoms with Crippen molar-refractivity contribution < 1.29 is 9.53 Å². The average Bonchev–Trinajstić information content (AvgIpc) is 2.57. The molecule has 1 aromatic heterocycles. The summed E-state index contributed by atoms with van der Waals surface area (Å²) in [5.74, 6) is 0.933. The van der Waals surface area contributed by atoms with Crippen LogP contribution in [0, 0.1) is 6.92 Å². The van der Waals surface area contributed by atoms with Gasteiger partial charge >= 0.3 is 0 Å². The average molecular weight is 339 g/mol. The molecule has 24 heavy (non-hydrogen) atoms. The summed E-state index contributed by atoms with van der Waals surface area (Å²) in [6.07, 6.45) is 1.23. The predicted molar refractivity (Wildman–Crippen MR) is 96.8 cm³/mol. The Morgan fingerprint density at radius 1 is 1.25 bits per heavy atom. The number of hydrogen-bond donors (Lipinski definition) is 1. The lowest BCUT2D eigenvalue weighted by Crippen LogP contribution is -2.08. The second kappa shape index (κ2) is 6.72. The molecule has 0 saturated heterocycles. The number of carbonyl (C=O) groups is 1. The maximum Gasteiger partial charge on any atom is 0.247 e. The number of amides is 1. The molecule has 3 aromatic rings. The predicted octanol–water partition coefficient (Wildman–Crippen LogP) is 5.11. The number of rotatable bonds is 4. The summed E-state index contributed by atoms with van der Waals surface area (Å²) < 4.78 is 5.93. The summed E-state index contributed by atoms with van der Waals surface area (Å²) in [7, 11) is 0. The number of fused-ring (bicyclic) bond motifs is 1. The third-order valence-corrected chi connectivity index (χ3v) is 3.66. The summed E-state index contributed by atoms with van der Waals surface area (Å²) in [4.78, 5) is 16.2. The van der Waals surface area contributed by atoms with Gasteiger partial charge in [0.15, 0.2) is 5.75 Å². The van der Waals surface area contributed by atoms with Gasteiger partial charge in [0.25, 0.3) is 0 Å². The van der Waals surface area contributed by atoms with E-state index in [-0.39, 0.29) is 5.91 Å². The number of anilines is 1. The van der Waals surface area contributed by atoms with Crippen molar-refractivity contribution in [3.05, 3.63) is 71.9 Å². The van der Waals surface area contributed by atoms with Crippen LogP contribution in [0.25, 0.3) is 10.9 Å². The number of halogens is 1. The Morgan fingerprint density at radius 2 is 2.08 bits per heavy atom. The Balaban J connectivity index is 2.08. The van der Waals surface area contributed by atoms with Crippen LogP contribution in [0.2, 0.25) is 5.02 Å². The molecule has 120 valence electrons. The van der Waals surface area contributed by atoms with Crippen molar-refractivity contribution in [2.75, 3.05) is 5.32 Å². The van der Waals surface area contributed by atoms with Gasteiger partial charge in [0.1, 0.15) is 11.3 Å². The van der Waals surface area contributed by atoms with Crippen LogP contribution in [0.3, 0.4) is 0 Å². The van der Waals surface area contributed by atoms with E-state index in [1.807, 2.05) is 31.2 Å². The SMILES string of the molecule is C=CC(=O)Nc1ccc(Oc2cccc(Cl)c2)c2nc(C)ccc12. The van der Waals surface area contributed by atoms with E-state index in [1.165, 1.54) is 6.08 Å². The van der Waals surface area contributed by atoms with Crippen molar-refractivity contribution in [3.63, 3.8) is 0 Å².